The molecule has 8 heteroatoms. The molecular formula is C11H10F7N. The summed E-state index contributed by atoms with van der Waals surface area (Å²) < 4.78 is 86.4. The monoisotopic (exact) mass is 289 g/mol. The molecule has 0 aliphatic heterocycles. The molecule has 0 fully saturated rings. The van der Waals surface area contributed by atoms with Gasteiger partial charge in [0.15, 0.2) is 0 Å². The standard InChI is InChI=1S/C11H10F7N/c12-8-2-1-6(11(16,17)18)5-7(8)9(19)3-4-10(13,14)15/h1-2,5,9H,3-4,19H2/t9-/m1/s1. The van der Waals surface area contributed by atoms with E-state index in [0.29, 0.717) is 18.2 Å². The van der Waals surface area contributed by atoms with Gasteiger partial charge in [0.05, 0.1) is 5.56 Å². The molecule has 0 bridgehead atoms. The van der Waals surface area contributed by atoms with Gasteiger partial charge in [-0.3, -0.25) is 0 Å². The second-order valence-electron chi connectivity index (χ2n) is 3.99. The lowest BCUT2D eigenvalue weighted by molar-refractivity contribution is -0.138. The first-order valence-corrected chi connectivity index (χ1v) is 5.19. The lowest BCUT2D eigenvalue weighted by Gasteiger charge is -2.16. The van der Waals surface area contributed by atoms with E-state index in [1.165, 1.54) is 0 Å². The van der Waals surface area contributed by atoms with Gasteiger partial charge in [0.1, 0.15) is 5.82 Å². The first kappa shape index (κ1) is 15.7. The fourth-order valence-electron chi connectivity index (χ4n) is 1.48. The molecule has 1 rings (SSSR count). The van der Waals surface area contributed by atoms with Crippen molar-refractivity contribution in [2.24, 2.45) is 5.73 Å². The van der Waals surface area contributed by atoms with E-state index in [0.717, 1.165) is 0 Å². The number of rotatable bonds is 3. The minimum absolute atomic E-state index is 0.441. The van der Waals surface area contributed by atoms with E-state index in [-0.39, 0.29) is 0 Å². The van der Waals surface area contributed by atoms with Crippen molar-refractivity contribution < 1.29 is 30.7 Å². The maximum atomic E-state index is 13.3. The summed E-state index contributed by atoms with van der Waals surface area (Å²) >= 11 is 0. The summed E-state index contributed by atoms with van der Waals surface area (Å²) in [7, 11) is 0. The van der Waals surface area contributed by atoms with Crippen molar-refractivity contribution in [3.8, 4) is 0 Å². The van der Waals surface area contributed by atoms with E-state index >= 15 is 0 Å². The molecule has 1 aromatic rings. The van der Waals surface area contributed by atoms with Crippen molar-refractivity contribution in [1.29, 1.82) is 0 Å². The molecule has 0 radical (unpaired) electrons. The van der Waals surface area contributed by atoms with Crippen molar-refractivity contribution in [1.82, 2.24) is 0 Å². The van der Waals surface area contributed by atoms with E-state index in [4.69, 9.17) is 5.73 Å². The summed E-state index contributed by atoms with van der Waals surface area (Å²) in [5.74, 6) is -1.05. The maximum absolute atomic E-state index is 13.3. The van der Waals surface area contributed by atoms with Crippen LogP contribution in [-0.2, 0) is 6.18 Å². The highest BCUT2D eigenvalue weighted by molar-refractivity contribution is 5.29. The first-order chi connectivity index (χ1) is 8.50. The predicted octanol–water partition coefficient (Wildman–Crippen LogP) is 4.19. The molecule has 1 atom stereocenters. The Hall–Kier alpha value is -1.31. The summed E-state index contributed by atoms with van der Waals surface area (Å²) in [6, 6.07) is 0.0565. The quantitative estimate of drug-likeness (QED) is 0.830. The van der Waals surface area contributed by atoms with Crippen LogP contribution in [0.4, 0.5) is 30.7 Å². The first-order valence-electron chi connectivity index (χ1n) is 5.19. The third-order valence-electron chi connectivity index (χ3n) is 2.46. The minimum Gasteiger partial charge on any atom is -0.324 e. The van der Waals surface area contributed by atoms with E-state index in [2.05, 4.69) is 0 Å². The number of hydrogen-bond acceptors (Lipinski definition) is 1. The molecule has 0 spiro atoms. The number of halogens is 7. The lowest BCUT2D eigenvalue weighted by Crippen LogP contribution is -2.18. The van der Waals surface area contributed by atoms with Gasteiger partial charge in [-0.25, -0.2) is 4.39 Å². The van der Waals surface area contributed by atoms with Gasteiger partial charge in [0.25, 0.3) is 0 Å². The zero-order valence-electron chi connectivity index (χ0n) is 9.45. The van der Waals surface area contributed by atoms with Gasteiger partial charge < -0.3 is 5.73 Å². The minimum atomic E-state index is -4.70. The average molecular weight is 289 g/mol. The van der Waals surface area contributed by atoms with E-state index in [1.807, 2.05) is 0 Å². The van der Waals surface area contributed by atoms with Crippen LogP contribution in [0.1, 0.15) is 30.0 Å². The second kappa shape index (κ2) is 5.36. The Kier molecular flexibility index (Phi) is 4.44. The van der Waals surface area contributed by atoms with Gasteiger partial charge in [-0.2, -0.15) is 26.3 Å². The highest BCUT2D eigenvalue weighted by Crippen LogP contribution is 2.33. The van der Waals surface area contributed by atoms with E-state index in [9.17, 15) is 30.7 Å². The van der Waals surface area contributed by atoms with Gasteiger partial charge in [-0.05, 0) is 24.6 Å². The van der Waals surface area contributed by atoms with Crippen LogP contribution in [0.15, 0.2) is 18.2 Å². The molecule has 19 heavy (non-hydrogen) atoms. The van der Waals surface area contributed by atoms with Crippen molar-refractivity contribution in [3.05, 3.63) is 35.1 Å². The molecule has 108 valence electrons. The van der Waals surface area contributed by atoms with Crippen molar-refractivity contribution in [3.63, 3.8) is 0 Å². The van der Waals surface area contributed by atoms with Crippen LogP contribution < -0.4 is 5.73 Å². The number of alkyl halides is 6. The van der Waals surface area contributed by atoms with Gasteiger partial charge in [-0.15, -0.1) is 0 Å². The van der Waals surface area contributed by atoms with Crippen LogP contribution >= 0.6 is 0 Å². The lowest BCUT2D eigenvalue weighted by atomic mass is 9.99. The molecule has 1 nitrogen and oxygen atoms in total. The molecule has 2 N–H and O–H groups in total. The smallest absolute Gasteiger partial charge is 0.324 e. The molecule has 0 unspecified atom stereocenters. The normalized spacial score (nSPS) is 14.5. The third kappa shape index (κ3) is 4.70. The summed E-state index contributed by atoms with van der Waals surface area (Å²) in [5, 5.41) is 0. The Morgan fingerprint density at radius 2 is 1.63 bits per heavy atom. The summed E-state index contributed by atoms with van der Waals surface area (Å²) in [6.07, 6.45) is -11.2. The highest BCUT2D eigenvalue weighted by atomic mass is 19.4. The SMILES string of the molecule is N[C@H](CCC(F)(F)F)c1cc(C(F)(F)F)ccc1F. The van der Waals surface area contributed by atoms with Crippen LogP contribution in [0.2, 0.25) is 0 Å². The Morgan fingerprint density at radius 3 is 2.11 bits per heavy atom. The van der Waals surface area contributed by atoms with Gasteiger partial charge in [-0.1, -0.05) is 0 Å². The molecule has 0 amide bonds. The molecule has 0 aliphatic carbocycles. The highest BCUT2D eigenvalue weighted by Gasteiger charge is 2.32. The zero-order valence-corrected chi connectivity index (χ0v) is 9.45. The molecule has 0 heterocycles. The molecule has 0 saturated heterocycles. The van der Waals surface area contributed by atoms with Crippen LogP contribution in [0, 0.1) is 5.82 Å². The number of hydrogen-bond donors (Lipinski definition) is 1. The predicted molar refractivity (Wildman–Crippen MR) is 53.6 cm³/mol. The molecule has 1 aromatic carbocycles. The Balaban J connectivity index is 2.93. The Labute approximate surface area is 104 Å². The largest absolute Gasteiger partial charge is 0.416 e. The van der Waals surface area contributed by atoms with Crippen molar-refractivity contribution >= 4 is 0 Å². The number of benzene rings is 1. The van der Waals surface area contributed by atoms with Gasteiger partial charge in [0, 0.05) is 18.0 Å². The fourth-order valence-corrected chi connectivity index (χ4v) is 1.48. The van der Waals surface area contributed by atoms with E-state index in [1.54, 1.807) is 0 Å². The molecule has 0 aliphatic rings. The van der Waals surface area contributed by atoms with Crippen LogP contribution in [0.25, 0.3) is 0 Å². The van der Waals surface area contributed by atoms with Gasteiger partial charge in [0.2, 0.25) is 0 Å². The van der Waals surface area contributed by atoms with Crippen molar-refractivity contribution in [2.45, 2.75) is 31.2 Å². The molecule has 0 saturated carbocycles. The van der Waals surface area contributed by atoms with Crippen LogP contribution in [-0.4, -0.2) is 6.18 Å². The summed E-state index contributed by atoms with van der Waals surface area (Å²) in [5.41, 5.74) is 3.59. The average Bonchev–Trinajstić information content (AvgIpc) is 2.24. The molecular weight excluding hydrogens is 279 g/mol. The van der Waals surface area contributed by atoms with Crippen molar-refractivity contribution in [2.75, 3.05) is 0 Å². The summed E-state index contributed by atoms with van der Waals surface area (Å²) in [4.78, 5) is 0. The second-order valence-corrected chi connectivity index (χ2v) is 3.99. The third-order valence-corrected chi connectivity index (χ3v) is 2.46. The fraction of sp³-hybridized carbons (Fsp3) is 0.455. The molecule has 0 aromatic heterocycles. The zero-order chi connectivity index (χ0) is 14.8. The van der Waals surface area contributed by atoms with Crippen LogP contribution in [0.3, 0.4) is 0 Å². The number of nitrogens with two attached hydrogens (primary N) is 1. The van der Waals surface area contributed by atoms with Crippen LogP contribution in [0.5, 0.6) is 0 Å². The van der Waals surface area contributed by atoms with Gasteiger partial charge >= 0.3 is 12.4 Å². The van der Waals surface area contributed by atoms with E-state index < -0.39 is 48.2 Å². The Morgan fingerprint density at radius 1 is 1.05 bits per heavy atom. The Bertz CT molecular complexity index is 436. The summed E-state index contributed by atoms with van der Waals surface area (Å²) in [6.45, 7) is 0. The maximum Gasteiger partial charge on any atom is 0.416 e. The topological polar surface area (TPSA) is 26.0 Å².